The fraction of sp³-hybridized carbons (Fsp3) is 0.241. The number of carbonyl (C=O) groups excluding carboxylic acids is 2. The number of rotatable bonds is 7. The number of aliphatic carboxylic acids is 1. The van der Waals surface area contributed by atoms with Gasteiger partial charge in [-0.15, -0.1) is 0 Å². The molecular formula is C29H25FN2O5. The summed E-state index contributed by atoms with van der Waals surface area (Å²) in [5.74, 6) is -4.74. The van der Waals surface area contributed by atoms with E-state index in [9.17, 15) is 29.1 Å². The van der Waals surface area contributed by atoms with Crippen LogP contribution in [0, 0.1) is 30.0 Å². The van der Waals surface area contributed by atoms with Crippen LogP contribution >= 0.6 is 0 Å². The minimum absolute atomic E-state index is 0.341. The number of ether oxygens (including phenoxy) is 1. The van der Waals surface area contributed by atoms with E-state index in [0.717, 1.165) is 5.56 Å². The number of aryl methyl sites for hydroxylation is 1. The lowest BCUT2D eigenvalue weighted by Crippen LogP contribution is -2.45. The molecule has 1 fully saturated rings. The highest BCUT2D eigenvalue weighted by atomic mass is 19.1. The molecule has 8 heteroatoms. The van der Waals surface area contributed by atoms with Crippen molar-refractivity contribution >= 4 is 17.7 Å². The van der Waals surface area contributed by atoms with E-state index in [1.807, 2.05) is 19.1 Å². The second-order valence-electron chi connectivity index (χ2n) is 9.03. The van der Waals surface area contributed by atoms with Gasteiger partial charge in [0.05, 0.1) is 23.6 Å². The summed E-state index contributed by atoms with van der Waals surface area (Å²) >= 11 is 0. The Hall–Kier alpha value is -4.35. The summed E-state index contributed by atoms with van der Waals surface area (Å²) in [5, 5.41) is 19.6. The van der Waals surface area contributed by atoms with Gasteiger partial charge in [0.15, 0.2) is 5.78 Å². The van der Waals surface area contributed by atoms with Gasteiger partial charge >= 0.3 is 5.97 Å². The SMILES string of the molecule is COCC(=O)N1C(C(=O)O)C(c2ccc(F)cc2)C(C(=O)c2cccc(C)c2)C1c1ccc(C#N)cc1. The largest absolute Gasteiger partial charge is 0.480 e. The lowest BCUT2D eigenvalue weighted by molar-refractivity contribution is -0.151. The third-order valence-electron chi connectivity index (χ3n) is 6.72. The van der Waals surface area contributed by atoms with E-state index in [1.54, 1.807) is 42.5 Å². The molecule has 0 aliphatic carbocycles. The summed E-state index contributed by atoms with van der Waals surface area (Å²) in [6, 6.07) is 18.3. The van der Waals surface area contributed by atoms with E-state index < -0.39 is 48.2 Å². The summed E-state index contributed by atoms with van der Waals surface area (Å²) in [4.78, 5) is 41.5. The van der Waals surface area contributed by atoms with Crippen LogP contribution in [0.4, 0.5) is 4.39 Å². The first kappa shape index (κ1) is 25.7. The predicted octanol–water partition coefficient (Wildman–Crippen LogP) is 4.27. The number of hydrogen-bond donors (Lipinski definition) is 1. The van der Waals surface area contributed by atoms with E-state index in [1.165, 1.54) is 36.3 Å². The van der Waals surface area contributed by atoms with Crippen molar-refractivity contribution in [1.82, 2.24) is 4.90 Å². The molecule has 0 aromatic heterocycles. The van der Waals surface area contributed by atoms with Gasteiger partial charge in [-0.1, -0.05) is 48.0 Å². The maximum absolute atomic E-state index is 14.2. The molecule has 0 saturated carbocycles. The summed E-state index contributed by atoms with van der Waals surface area (Å²) in [6.45, 7) is 1.45. The van der Waals surface area contributed by atoms with Crippen molar-refractivity contribution in [2.75, 3.05) is 13.7 Å². The zero-order valence-electron chi connectivity index (χ0n) is 20.3. The smallest absolute Gasteiger partial charge is 0.327 e. The number of carboxylic acid groups (broad SMARTS) is 1. The number of amides is 1. The Labute approximate surface area is 213 Å². The Bertz CT molecular complexity index is 1360. The van der Waals surface area contributed by atoms with Gasteiger partial charge in [0.2, 0.25) is 5.91 Å². The standard InChI is InChI=1S/C29H25FN2O5/c1-17-4-3-5-21(14-17)28(34)25-24(19-10-12-22(30)13-11-19)27(29(35)36)32(23(33)16-37-2)26(25)20-8-6-18(15-31)7-9-20/h3-14,24-27H,16H2,1-2H3,(H,35,36). The Morgan fingerprint density at radius 3 is 2.24 bits per heavy atom. The molecule has 1 aliphatic heterocycles. The number of nitriles is 1. The number of carbonyl (C=O) groups is 3. The van der Waals surface area contributed by atoms with Crippen molar-refractivity contribution in [3.63, 3.8) is 0 Å². The van der Waals surface area contributed by atoms with Gasteiger partial charge < -0.3 is 14.7 Å². The molecule has 7 nitrogen and oxygen atoms in total. The molecule has 0 bridgehead atoms. The number of Topliss-reactive ketones (excluding diaryl/α,β-unsaturated/α-hetero) is 1. The summed E-state index contributed by atoms with van der Waals surface area (Å²) in [5.41, 5.74) is 2.53. The first-order chi connectivity index (χ1) is 17.8. The van der Waals surface area contributed by atoms with Crippen LogP contribution in [-0.2, 0) is 14.3 Å². The maximum atomic E-state index is 14.2. The topological polar surface area (TPSA) is 108 Å². The van der Waals surface area contributed by atoms with Crippen molar-refractivity contribution in [3.8, 4) is 6.07 Å². The highest BCUT2D eigenvalue weighted by molar-refractivity contribution is 6.01. The molecule has 4 unspecified atom stereocenters. The minimum Gasteiger partial charge on any atom is -0.480 e. The van der Waals surface area contributed by atoms with Crippen molar-refractivity contribution in [3.05, 3.63) is 106 Å². The zero-order valence-corrected chi connectivity index (χ0v) is 20.3. The van der Waals surface area contributed by atoms with Crippen LogP contribution in [0.5, 0.6) is 0 Å². The van der Waals surface area contributed by atoms with Crippen molar-refractivity contribution in [2.45, 2.75) is 24.9 Å². The minimum atomic E-state index is -1.42. The first-order valence-electron chi connectivity index (χ1n) is 11.7. The average Bonchev–Trinajstić information content (AvgIpc) is 3.25. The summed E-state index contributed by atoms with van der Waals surface area (Å²) < 4.78 is 18.9. The zero-order chi connectivity index (χ0) is 26.7. The molecule has 1 heterocycles. The van der Waals surface area contributed by atoms with Crippen LogP contribution in [0.25, 0.3) is 0 Å². The Kier molecular flexibility index (Phi) is 7.46. The van der Waals surface area contributed by atoms with Gasteiger partial charge in [0.25, 0.3) is 0 Å². The number of hydrogen-bond acceptors (Lipinski definition) is 5. The first-order valence-corrected chi connectivity index (χ1v) is 11.7. The fourth-order valence-corrected chi connectivity index (χ4v) is 5.19. The van der Waals surface area contributed by atoms with E-state index >= 15 is 0 Å². The molecule has 0 spiro atoms. The highest BCUT2D eigenvalue weighted by Crippen LogP contribution is 2.51. The Morgan fingerprint density at radius 2 is 1.68 bits per heavy atom. The molecule has 37 heavy (non-hydrogen) atoms. The molecule has 1 aliphatic rings. The van der Waals surface area contributed by atoms with Crippen LogP contribution in [0.15, 0.2) is 72.8 Å². The number of benzene rings is 3. The van der Waals surface area contributed by atoms with E-state index in [0.29, 0.717) is 22.3 Å². The number of nitrogens with zero attached hydrogens (tertiary/aromatic N) is 2. The van der Waals surface area contributed by atoms with Gasteiger partial charge in [-0.2, -0.15) is 5.26 Å². The van der Waals surface area contributed by atoms with Crippen LogP contribution < -0.4 is 0 Å². The summed E-state index contributed by atoms with van der Waals surface area (Å²) in [6.07, 6.45) is 0. The van der Waals surface area contributed by atoms with Crippen LogP contribution in [0.2, 0.25) is 0 Å². The van der Waals surface area contributed by atoms with Gasteiger partial charge in [-0.25, -0.2) is 9.18 Å². The van der Waals surface area contributed by atoms with Crippen LogP contribution in [0.3, 0.4) is 0 Å². The Morgan fingerprint density at radius 1 is 1.03 bits per heavy atom. The van der Waals surface area contributed by atoms with Gasteiger partial charge in [0, 0.05) is 18.6 Å². The van der Waals surface area contributed by atoms with Gasteiger partial charge in [-0.3, -0.25) is 9.59 Å². The Balaban J connectivity index is 1.99. The molecule has 1 N–H and O–H groups in total. The van der Waals surface area contributed by atoms with Gasteiger partial charge in [-0.05, 0) is 48.4 Å². The second-order valence-corrected chi connectivity index (χ2v) is 9.03. The lowest BCUT2D eigenvalue weighted by atomic mass is 9.76. The molecular weight excluding hydrogens is 475 g/mol. The fourth-order valence-electron chi connectivity index (χ4n) is 5.19. The number of likely N-dealkylation sites (tertiary alicyclic amines) is 1. The van der Waals surface area contributed by atoms with E-state index in [4.69, 9.17) is 4.74 Å². The molecule has 1 amide bonds. The van der Waals surface area contributed by atoms with E-state index in [-0.39, 0.29) is 5.78 Å². The second kappa shape index (κ2) is 10.7. The number of carboxylic acids is 1. The number of methoxy groups -OCH3 is 1. The molecule has 188 valence electrons. The molecule has 3 aromatic carbocycles. The monoisotopic (exact) mass is 500 g/mol. The average molecular weight is 501 g/mol. The molecule has 4 rings (SSSR count). The highest BCUT2D eigenvalue weighted by Gasteiger charge is 2.57. The number of halogens is 1. The molecule has 1 saturated heterocycles. The van der Waals surface area contributed by atoms with Crippen molar-refractivity contribution in [1.29, 1.82) is 5.26 Å². The maximum Gasteiger partial charge on any atom is 0.327 e. The number of ketones is 1. The predicted molar refractivity (Wildman–Crippen MR) is 132 cm³/mol. The summed E-state index contributed by atoms with van der Waals surface area (Å²) in [7, 11) is 1.33. The quantitative estimate of drug-likeness (QED) is 0.486. The molecule has 0 radical (unpaired) electrons. The normalized spacial score (nSPS) is 20.9. The molecule has 3 aromatic rings. The third kappa shape index (κ3) is 4.99. The van der Waals surface area contributed by atoms with E-state index in [2.05, 4.69) is 0 Å². The van der Waals surface area contributed by atoms with Crippen LogP contribution in [-0.4, -0.2) is 47.4 Å². The van der Waals surface area contributed by atoms with Crippen molar-refractivity contribution in [2.24, 2.45) is 5.92 Å². The van der Waals surface area contributed by atoms with Crippen molar-refractivity contribution < 1.29 is 28.6 Å². The molecule has 4 atom stereocenters. The third-order valence-corrected chi connectivity index (χ3v) is 6.72. The van der Waals surface area contributed by atoms with Crippen LogP contribution in [0.1, 0.15) is 44.6 Å². The van der Waals surface area contributed by atoms with Gasteiger partial charge in [0.1, 0.15) is 18.5 Å². The lowest BCUT2D eigenvalue weighted by Gasteiger charge is -2.30.